The summed E-state index contributed by atoms with van der Waals surface area (Å²) in [6, 6.07) is 8.31. The highest BCUT2D eigenvalue weighted by Crippen LogP contribution is 2.64. The van der Waals surface area contributed by atoms with Gasteiger partial charge in [-0.05, 0) is 36.7 Å². The molecule has 0 aliphatic heterocycles. The van der Waals surface area contributed by atoms with Gasteiger partial charge in [-0.15, -0.1) is 0 Å². The van der Waals surface area contributed by atoms with Crippen molar-refractivity contribution in [2.24, 2.45) is 16.7 Å². The summed E-state index contributed by atoms with van der Waals surface area (Å²) >= 11 is 0. The molecule has 2 fully saturated rings. The van der Waals surface area contributed by atoms with Gasteiger partial charge in [0.2, 0.25) is 10.0 Å². The van der Waals surface area contributed by atoms with Crippen molar-refractivity contribution < 1.29 is 18.3 Å². The Bertz CT molecular complexity index is 757. The van der Waals surface area contributed by atoms with E-state index in [9.17, 15) is 18.3 Å². The van der Waals surface area contributed by atoms with Crippen molar-refractivity contribution in [3.05, 3.63) is 35.9 Å². The number of carbonyl (C=O) groups excluding carboxylic acids is 1. The molecule has 5 nitrogen and oxygen atoms in total. The van der Waals surface area contributed by atoms with Gasteiger partial charge in [-0.2, -0.15) is 0 Å². The topological polar surface area (TPSA) is 83.5 Å². The van der Waals surface area contributed by atoms with Crippen LogP contribution in [0.1, 0.15) is 51.6 Å². The number of rotatable bonds is 6. The lowest BCUT2D eigenvalue weighted by molar-refractivity contribution is -0.128. The average Bonchev–Trinajstić information content (AvgIpc) is 2.87. The summed E-state index contributed by atoms with van der Waals surface area (Å²) in [5.41, 5.74) is -0.394. The molecule has 0 spiro atoms. The lowest BCUT2D eigenvalue weighted by atomic mass is 9.70. The summed E-state index contributed by atoms with van der Waals surface area (Å²) in [4.78, 5) is 12.6. The van der Waals surface area contributed by atoms with Crippen LogP contribution in [0.25, 0.3) is 0 Å². The third-order valence-electron chi connectivity index (χ3n) is 6.52. The molecule has 25 heavy (non-hydrogen) atoms. The number of aliphatic hydroxyl groups excluding tert-OH is 1. The van der Waals surface area contributed by atoms with E-state index in [2.05, 4.69) is 4.72 Å². The van der Waals surface area contributed by atoms with Gasteiger partial charge in [0.05, 0.1) is 17.9 Å². The Morgan fingerprint density at radius 2 is 1.92 bits per heavy atom. The first-order valence-corrected chi connectivity index (χ1v) is 10.5. The fraction of sp³-hybridized carbons (Fsp3) is 0.632. The highest BCUT2D eigenvalue weighted by molar-refractivity contribution is 7.89. The summed E-state index contributed by atoms with van der Waals surface area (Å²) in [7, 11) is -3.74. The second-order valence-corrected chi connectivity index (χ2v) is 9.93. The van der Waals surface area contributed by atoms with Crippen molar-refractivity contribution in [1.82, 2.24) is 4.72 Å². The van der Waals surface area contributed by atoms with Gasteiger partial charge in [0.1, 0.15) is 5.78 Å². The quantitative estimate of drug-likeness (QED) is 0.811. The second-order valence-electron chi connectivity index (χ2n) is 8.17. The standard InChI is InChI=1S/C19H27NO4S/c1-13(21)17(14-7-5-4-6-8-14)20-25(23,24)12-19-10-9-15(11-16(19)22)18(19,2)3/h4-8,13,15,17,20-21H,9-12H2,1-3H3/t13?,15?,17?,19-/m1/s1. The number of fused-ring (bicyclic) bond motifs is 2. The van der Waals surface area contributed by atoms with Gasteiger partial charge in [-0.3, -0.25) is 4.79 Å². The van der Waals surface area contributed by atoms with Gasteiger partial charge in [0.25, 0.3) is 0 Å². The van der Waals surface area contributed by atoms with Crippen molar-refractivity contribution in [3.63, 3.8) is 0 Å². The molecule has 2 aliphatic rings. The first-order chi connectivity index (χ1) is 11.6. The molecule has 0 aromatic heterocycles. The van der Waals surface area contributed by atoms with E-state index in [1.807, 2.05) is 32.0 Å². The second kappa shape index (κ2) is 6.18. The maximum absolute atomic E-state index is 12.9. The van der Waals surface area contributed by atoms with Crippen LogP contribution in [0.4, 0.5) is 0 Å². The van der Waals surface area contributed by atoms with Crippen LogP contribution in [0, 0.1) is 16.7 Å². The normalized spacial score (nSPS) is 30.4. The zero-order chi connectivity index (χ0) is 18.5. The molecule has 2 bridgehead atoms. The highest BCUT2D eigenvalue weighted by atomic mass is 32.2. The van der Waals surface area contributed by atoms with Crippen LogP contribution < -0.4 is 4.72 Å². The first kappa shape index (κ1) is 18.5. The molecule has 0 heterocycles. The van der Waals surface area contributed by atoms with Crippen LogP contribution in [-0.2, 0) is 14.8 Å². The van der Waals surface area contributed by atoms with Crippen LogP contribution in [0.3, 0.4) is 0 Å². The van der Waals surface area contributed by atoms with Crippen molar-refractivity contribution >= 4 is 15.8 Å². The number of aliphatic hydroxyl groups is 1. The number of hydrogen-bond donors (Lipinski definition) is 2. The zero-order valence-electron chi connectivity index (χ0n) is 15.0. The Kier molecular flexibility index (Phi) is 4.58. The number of nitrogens with one attached hydrogen (secondary N) is 1. The van der Waals surface area contributed by atoms with E-state index in [0.29, 0.717) is 18.4 Å². The maximum atomic E-state index is 12.9. The third kappa shape index (κ3) is 3.04. The largest absolute Gasteiger partial charge is 0.391 e. The summed E-state index contributed by atoms with van der Waals surface area (Å²) in [6.07, 6.45) is 1.15. The maximum Gasteiger partial charge on any atom is 0.213 e. The van der Waals surface area contributed by atoms with Crippen molar-refractivity contribution in [2.45, 2.75) is 52.2 Å². The minimum absolute atomic E-state index is 0.0763. The summed E-state index contributed by atoms with van der Waals surface area (Å²) < 4.78 is 28.5. The van der Waals surface area contributed by atoms with Crippen LogP contribution >= 0.6 is 0 Å². The molecule has 0 amide bonds. The van der Waals surface area contributed by atoms with Crippen LogP contribution in [0.15, 0.2) is 30.3 Å². The first-order valence-electron chi connectivity index (χ1n) is 8.85. The predicted molar refractivity (Wildman–Crippen MR) is 96.3 cm³/mol. The van der Waals surface area contributed by atoms with Gasteiger partial charge >= 0.3 is 0 Å². The molecular weight excluding hydrogens is 338 g/mol. The van der Waals surface area contributed by atoms with Gasteiger partial charge in [-0.25, -0.2) is 13.1 Å². The molecule has 0 radical (unpaired) electrons. The smallest absolute Gasteiger partial charge is 0.213 e. The number of hydrogen-bond acceptors (Lipinski definition) is 4. The summed E-state index contributed by atoms with van der Waals surface area (Å²) in [5.74, 6) is 0.155. The molecule has 3 rings (SSSR count). The highest BCUT2D eigenvalue weighted by Gasteiger charge is 2.65. The van der Waals surface area contributed by atoms with Gasteiger partial charge in [0, 0.05) is 11.8 Å². The number of benzene rings is 1. The van der Waals surface area contributed by atoms with Crippen molar-refractivity contribution in [1.29, 1.82) is 0 Å². The molecule has 3 unspecified atom stereocenters. The summed E-state index contributed by atoms with van der Waals surface area (Å²) in [6.45, 7) is 5.61. The molecular formula is C19H27NO4S. The minimum Gasteiger partial charge on any atom is -0.391 e. The Morgan fingerprint density at radius 1 is 1.28 bits per heavy atom. The zero-order valence-corrected chi connectivity index (χ0v) is 15.8. The molecule has 6 heteroatoms. The lowest BCUT2D eigenvalue weighted by Crippen LogP contribution is -2.47. The minimum atomic E-state index is -3.74. The van der Waals surface area contributed by atoms with E-state index in [4.69, 9.17) is 0 Å². The van der Waals surface area contributed by atoms with Gasteiger partial charge in [0.15, 0.2) is 0 Å². The fourth-order valence-corrected chi connectivity index (χ4v) is 6.90. The number of ketones is 1. The Balaban J connectivity index is 1.86. The molecule has 2 saturated carbocycles. The number of carbonyl (C=O) groups is 1. The fourth-order valence-electron chi connectivity index (χ4n) is 4.77. The molecule has 2 N–H and O–H groups in total. The summed E-state index contributed by atoms with van der Waals surface area (Å²) in [5, 5.41) is 10.1. The number of sulfonamides is 1. The van der Waals surface area contributed by atoms with Gasteiger partial charge in [-0.1, -0.05) is 44.2 Å². The van der Waals surface area contributed by atoms with Crippen LogP contribution in [0.2, 0.25) is 0 Å². The van der Waals surface area contributed by atoms with Crippen molar-refractivity contribution in [3.8, 4) is 0 Å². The van der Waals surface area contributed by atoms with E-state index in [1.165, 1.54) is 0 Å². The third-order valence-corrected chi connectivity index (χ3v) is 8.01. The Labute approximate surface area is 149 Å². The number of Topliss-reactive ketones (excluding diaryl/α,β-unsaturated/α-hetero) is 1. The molecule has 2 aliphatic carbocycles. The molecule has 138 valence electrons. The monoisotopic (exact) mass is 365 g/mol. The Morgan fingerprint density at radius 3 is 2.40 bits per heavy atom. The van der Waals surface area contributed by atoms with Crippen LogP contribution in [0.5, 0.6) is 0 Å². The van der Waals surface area contributed by atoms with E-state index >= 15 is 0 Å². The average molecular weight is 365 g/mol. The lowest BCUT2D eigenvalue weighted by Gasteiger charge is -2.36. The SMILES string of the molecule is CC(O)C(NS(=O)(=O)C[C@]12CCC(CC1=O)C2(C)C)c1ccccc1. The van der Waals surface area contributed by atoms with E-state index in [-0.39, 0.29) is 22.9 Å². The van der Waals surface area contributed by atoms with Crippen LogP contribution in [-0.4, -0.2) is 31.2 Å². The Hall–Kier alpha value is -1.24. The molecule has 1 aromatic rings. The van der Waals surface area contributed by atoms with Crippen molar-refractivity contribution in [2.75, 3.05) is 5.75 Å². The van der Waals surface area contributed by atoms with E-state index in [0.717, 1.165) is 6.42 Å². The molecule has 4 atom stereocenters. The van der Waals surface area contributed by atoms with E-state index < -0.39 is 27.6 Å². The predicted octanol–water partition coefficient (Wildman–Crippen LogP) is 2.42. The van der Waals surface area contributed by atoms with E-state index in [1.54, 1.807) is 19.1 Å². The molecule has 1 aromatic carbocycles. The molecule has 0 saturated heterocycles. The van der Waals surface area contributed by atoms with Gasteiger partial charge < -0.3 is 5.11 Å².